The molecule has 0 saturated heterocycles. The lowest BCUT2D eigenvalue weighted by Gasteiger charge is -2.00. The molecule has 0 aromatic carbocycles. The molecule has 0 radical (unpaired) electrons. The quantitative estimate of drug-likeness (QED) is 0.320. The van der Waals surface area contributed by atoms with Gasteiger partial charge in [-0.05, 0) is 14.1 Å². The Labute approximate surface area is 66.8 Å². The van der Waals surface area contributed by atoms with Crippen molar-refractivity contribution < 1.29 is 4.74 Å². The van der Waals surface area contributed by atoms with E-state index in [0.717, 1.165) is 0 Å². The van der Waals surface area contributed by atoms with Gasteiger partial charge in [-0.2, -0.15) is 0 Å². The molecule has 0 heterocycles. The summed E-state index contributed by atoms with van der Waals surface area (Å²) in [7, 11) is 3.86. The highest BCUT2D eigenvalue weighted by molar-refractivity contribution is 5.67. The predicted octanol–water partition coefficient (Wildman–Crippen LogP) is -0.539. The van der Waals surface area contributed by atoms with Gasteiger partial charge in [0.05, 0.1) is 6.54 Å². The van der Waals surface area contributed by atoms with Crippen molar-refractivity contribution in [3.8, 4) is 11.8 Å². The van der Waals surface area contributed by atoms with E-state index < -0.39 is 0 Å². The van der Waals surface area contributed by atoms with Crippen LogP contribution in [-0.4, -0.2) is 38.2 Å². The summed E-state index contributed by atoms with van der Waals surface area (Å²) in [4.78, 5) is 1.95. The van der Waals surface area contributed by atoms with Crippen molar-refractivity contribution in [2.75, 3.05) is 27.2 Å². The number of hydrogen-bond acceptors (Lipinski definition) is 3. The maximum atomic E-state index is 6.69. The van der Waals surface area contributed by atoms with Gasteiger partial charge in [0.25, 0.3) is 6.02 Å². The largest absolute Gasteiger partial charge is 0.452 e. The van der Waals surface area contributed by atoms with Crippen LogP contribution in [0.3, 0.4) is 0 Å². The van der Waals surface area contributed by atoms with Crippen LogP contribution in [-0.2, 0) is 4.74 Å². The number of nitrogens with two attached hydrogens (primary N) is 1. The fourth-order valence-electron chi connectivity index (χ4n) is 0.379. The number of hydrogen-bond donors (Lipinski definition) is 2. The Morgan fingerprint density at radius 3 is 2.64 bits per heavy atom. The van der Waals surface area contributed by atoms with Gasteiger partial charge in [-0.3, -0.25) is 10.3 Å². The highest BCUT2D eigenvalue weighted by Gasteiger charge is 1.83. The fraction of sp³-hybridized carbons (Fsp3) is 0.571. The molecule has 0 unspecified atom stereocenters. The van der Waals surface area contributed by atoms with Gasteiger partial charge < -0.3 is 10.5 Å². The molecule has 4 heteroatoms. The molecular weight excluding hydrogens is 142 g/mol. The summed E-state index contributed by atoms with van der Waals surface area (Å²) in [6, 6.07) is -0.288. The van der Waals surface area contributed by atoms with Crippen LogP contribution in [0.5, 0.6) is 0 Å². The number of nitrogens with zero attached hydrogens (tertiary/aromatic N) is 1. The van der Waals surface area contributed by atoms with Crippen molar-refractivity contribution in [1.82, 2.24) is 4.90 Å². The van der Waals surface area contributed by atoms with Gasteiger partial charge in [0.2, 0.25) is 0 Å². The zero-order chi connectivity index (χ0) is 8.69. The summed E-state index contributed by atoms with van der Waals surface area (Å²) in [6.07, 6.45) is 0. The van der Waals surface area contributed by atoms with E-state index in [1.165, 1.54) is 0 Å². The van der Waals surface area contributed by atoms with Crippen LogP contribution >= 0.6 is 0 Å². The average Bonchev–Trinajstić information content (AvgIpc) is 1.85. The van der Waals surface area contributed by atoms with Gasteiger partial charge in [-0.25, -0.2) is 0 Å². The Hall–Kier alpha value is -1.21. The SMILES string of the molecule is CN(C)CC#CCOC(=N)N. The van der Waals surface area contributed by atoms with Crippen LogP contribution in [0.1, 0.15) is 0 Å². The molecule has 4 nitrogen and oxygen atoms in total. The Morgan fingerprint density at radius 2 is 2.18 bits per heavy atom. The van der Waals surface area contributed by atoms with Crippen LogP contribution in [0.15, 0.2) is 0 Å². The second-order valence-corrected chi connectivity index (χ2v) is 2.24. The Morgan fingerprint density at radius 1 is 1.55 bits per heavy atom. The molecule has 62 valence electrons. The minimum Gasteiger partial charge on any atom is -0.452 e. The van der Waals surface area contributed by atoms with Gasteiger partial charge in [0.1, 0.15) is 0 Å². The average molecular weight is 155 g/mol. The first-order chi connectivity index (χ1) is 5.13. The van der Waals surface area contributed by atoms with Gasteiger partial charge >= 0.3 is 0 Å². The smallest absolute Gasteiger partial charge is 0.279 e. The van der Waals surface area contributed by atoms with Crippen LogP contribution in [0.2, 0.25) is 0 Å². The molecule has 0 aromatic heterocycles. The lowest BCUT2D eigenvalue weighted by Crippen LogP contribution is -2.14. The molecule has 3 N–H and O–H groups in total. The van der Waals surface area contributed by atoms with E-state index in [2.05, 4.69) is 16.6 Å². The molecule has 0 aromatic rings. The summed E-state index contributed by atoms with van der Waals surface area (Å²) in [5.74, 6) is 5.55. The fourth-order valence-corrected chi connectivity index (χ4v) is 0.379. The second kappa shape index (κ2) is 5.57. The van der Waals surface area contributed by atoms with Crippen LogP contribution in [0.4, 0.5) is 0 Å². The third-order valence-corrected chi connectivity index (χ3v) is 0.820. The Bertz CT molecular complexity index is 178. The molecule has 11 heavy (non-hydrogen) atoms. The molecule has 0 aliphatic carbocycles. The van der Waals surface area contributed by atoms with Crippen molar-refractivity contribution in [2.45, 2.75) is 0 Å². The lowest BCUT2D eigenvalue weighted by molar-refractivity contribution is 0.348. The van der Waals surface area contributed by atoms with E-state index in [1.807, 2.05) is 19.0 Å². The standard InChI is InChI=1S/C7H13N3O/c1-10(2)5-3-4-6-11-7(8)9/h5-6H2,1-2H3,(H3,8,9). The first-order valence-corrected chi connectivity index (χ1v) is 3.20. The van der Waals surface area contributed by atoms with Crippen LogP contribution in [0, 0.1) is 17.3 Å². The second-order valence-electron chi connectivity index (χ2n) is 2.24. The van der Waals surface area contributed by atoms with E-state index in [1.54, 1.807) is 0 Å². The molecule has 0 fully saturated rings. The van der Waals surface area contributed by atoms with Gasteiger partial charge in [0.15, 0.2) is 6.61 Å². The van der Waals surface area contributed by atoms with Crippen molar-refractivity contribution in [2.24, 2.45) is 5.73 Å². The van der Waals surface area contributed by atoms with Gasteiger partial charge in [0, 0.05) is 0 Å². The van der Waals surface area contributed by atoms with E-state index >= 15 is 0 Å². The van der Waals surface area contributed by atoms with Crippen LogP contribution in [0.25, 0.3) is 0 Å². The summed E-state index contributed by atoms with van der Waals surface area (Å²) in [6.45, 7) is 0.893. The zero-order valence-electron chi connectivity index (χ0n) is 6.85. The first kappa shape index (κ1) is 9.79. The minimum atomic E-state index is -0.288. The van der Waals surface area contributed by atoms with Gasteiger partial charge in [-0.1, -0.05) is 11.8 Å². The Balaban J connectivity index is 3.33. The molecule has 0 rings (SSSR count). The maximum absolute atomic E-state index is 6.69. The number of amidine groups is 1. The number of nitrogens with one attached hydrogen (secondary N) is 1. The van der Waals surface area contributed by atoms with Crippen molar-refractivity contribution in [3.63, 3.8) is 0 Å². The van der Waals surface area contributed by atoms with Crippen molar-refractivity contribution >= 4 is 6.02 Å². The molecule has 0 amide bonds. The van der Waals surface area contributed by atoms with E-state index in [4.69, 9.17) is 11.1 Å². The zero-order valence-corrected chi connectivity index (χ0v) is 6.85. The first-order valence-electron chi connectivity index (χ1n) is 3.20. The third-order valence-electron chi connectivity index (χ3n) is 0.820. The van der Waals surface area contributed by atoms with Crippen molar-refractivity contribution in [1.29, 1.82) is 5.41 Å². The predicted molar refractivity (Wildman–Crippen MR) is 44.2 cm³/mol. The normalized spacial score (nSPS) is 8.64. The lowest BCUT2D eigenvalue weighted by atomic mass is 10.5. The molecule has 0 atom stereocenters. The van der Waals surface area contributed by atoms with Crippen LogP contribution < -0.4 is 5.73 Å². The minimum absolute atomic E-state index is 0.198. The molecule has 0 saturated carbocycles. The summed E-state index contributed by atoms with van der Waals surface area (Å²) >= 11 is 0. The molecular formula is C7H13N3O. The summed E-state index contributed by atoms with van der Waals surface area (Å²) < 4.78 is 4.59. The Kier molecular flexibility index (Phi) is 4.95. The highest BCUT2D eigenvalue weighted by atomic mass is 16.5. The molecule has 0 spiro atoms. The topological polar surface area (TPSA) is 62.3 Å². The summed E-state index contributed by atoms with van der Waals surface area (Å²) in [5.41, 5.74) is 4.92. The van der Waals surface area contributed by atoms with Crippen molar-refractivity contribution in [3.05, 3.63) is 0 Å². The number of ether oxygens (including phenoxy) is 1. The summed E-state index contributed by atoms with van der Waals surface area (Å²) in [5, 5.41) is 6.69. The van der Waals surface area contributed by atoms with E-state index in [-0.39, 0.29) is 12.6 Å². The third kappa shape index (κ3) is 8.79. The van der Waals surface area contributed by atoms with E-state index in [0.29, 0.717) is 6.54 Å². The maximum Gasteiger partial charge on any atom is 0.279 e. The number of rotatable bonds is 2. The highest BCUT2D eigenvalue weighted by Crippen LogP contribution is 1.71. The van der Waals surface area contributed by atoms with E-state index in [9.17, 15) is 0 Å². The molecule has 0 bridgehead atoms. The molecule has 0 aliphatic heterocycles. The molecule has 0 aliphatic rings. The monoisotopic (exact) mass is 155 g/mol. The van der Waals surface area contributed by atoms with Gasteiger partial charge in [-0.15, -0.1) is 0 Å².